The van der Waals surface area contributed by atoms with Gasteiger partial charge < -0.3 is 11.1 Å². The molecule has 3 nitrogen and oxygen atoms in total. The van der Waals surface area contributed by atoms with Gasteiger partial charge in [0, 0.05) is 18.0 Å². The Bertz CT molecular complexity index is 376. The monoisotopic (exact) mass is 250 g/mol. The molecule has 3 N–H and O–H groups in total. The van der Waals surface area contributed by atoms with Crippen LogP contribution >= 0.6 is 11.8 Å². The molecule has 17 heavy (non-hydrogen) atoms. The first-order chi connectivity index (χ1) is 8.17. The summed E-state index contributed by atoms with van der Waals surface area (Å²) in [6, 6.07) is 7.95. The van der Waals surface area contributed by atoms with Gasteiger partial charge in [-0.3, -0.25) is 4.79 Å². The molecule has 4 heteroatoms. The second-order valence-electron chi connectivity index (χ2n) is 3.64. The molecule has 0 saturated heterocycles. The molecule has 0 heterocycles. The average Bonchev–Trinajstić information content (AvgIpc) is 2.36. The zero-order valence-electron chi connectivity index (χ0n) is 9.98. The van der Waals surface area contributed by atoms with Crippen LogP contribution in [-0.4, -0.2) is 17.7 Å². The Kier molecular flexibility index (Phi) is 5.80. The summed E-state index contributed by atoms with van der Waals surface area (Å²) in [5.74, 6) is 0.0257. The van der Waals surface area contributed by atoms with Gasteiger partial charge in [0.25, 0.3) is 0 Å². The zero-order chi connectivity index (χ0) is 12.7. The first-order valence-corrected chi connectivity index (χ1v) is 6.39. The maximum absolute atomic E-state index is 11.6. The van der Waals surface area contributed by atoms with E-state index in [1.54, 1.807) is 6.08 Å². The third-order valence-corrected chi connectivity index (χ3v) is 3.37. The molecule has 0 radical (unpaired) electrons. The quantitative estimate of drug-likeness (QED) is 0.599. The molecule has 92 valence electrons. The second-order valence-corrected chi connectivity index (χ2v) is 5.06. The summed E-state index contributed by atoms with van der Waals surface area (Å²) in [5, 5.41) is 2.66. The Balaban J connectivity index is 2.51. The highest BCUT2D eigenvalue weighted by Gasteiger charge is 2.12. The standard InChI is InChI=1S/C13H18N2OS/c1-3-8-15-13(16)10(2)17-12-6-4-11(9-14)5-7-12/h3-7,10H,1,8-9,14H2,2H3,(H,15,16). The van der Waals surface area contributed by atoms with Crippen LogP contribution in [0.2, 0.25) is 0 Å². The predicted octanol–water partition coefficient (Wildman–Crippen LogP) is 1.93. The van der Waals surface area contributed by atoms with E-state index in [4.69, 9.17) is 5.73 Å². The third-order valence-electron chi connectivity index (χ3n) is 2.26. The molecule has 0 aromatic heterocycles. The van der Waals surface area contributed by atoms with E-state index in [0.717, 1.165) is 10.5 Å². The normalized spacial score (nSPS) is 11.9. The van der Waals surface area contributed by atoms with E-state index < -0.39 is 0 Å². The third kappa shape index (κ3) is 4.63. The van der Waals surface area contributed by atoms with Crippen LogP contribution in [0.15, 0.2) is 41.8 Å². The van der Waals surface area contributed by atoms with Gasteiger partial charge in [-0.05, 0) is 24.6 Å². The van der Waals surface area contributed by atoms with Gasteiger partial charge in [0.1, 0.15) is 0 Å². The number of nitrogens with two attached hydrogens (primary N) is 1. The number of hydrogen-bond acceptors (Lipinski definition) is 3. The van der Waals surface area contributed by atoms with Crippen molar-refractivity contribution in [2.24, 2.45) is 5.73 Å². The summed E-state index contributed by atoms with van der Waals surface area (Å²) >= 11 is 1.53. The molecule has 1 aromatic rings. The number of carbonyl (C=O) groups excluding carboxylic acids is 1. The summed E-state index contributed by atoms with van der Waals surface area (Å²) < 4.78 is 0. The van der Waals surface area contributed by atoms with Crippen LogP contribution in [-0.2, 0) is 11.3 Å². The molecule has 0 saturated carbocycles. The first kappa shape index (κ1) is 13.8. The van der Waals surface area contributed by atoms with Gasteiger partial charge in [0.05, 0.1) is 5.25 Å². The lowest BCUT2D eigenvalue weighted by Gasteiger charge is -2.11. The Labute approximate surface area is 106 Å². The van der Waals surface area contributed by atoms with E-state index in [-0.39, 0.29) is 11.2 Å². The summed E-state index contributed by atoms with van der Waals surface area (Å²) in [4.78, 5) is 12.7. The molecule has 0 aliphatic heterocycles. The molecular formula is C13H18N2OS. The lowest BCUT2D eigenvalue weighted by atomic mass is 10.2. The van der Waals surface area contributed by atoms with Crippen molar-refractivity contribution in [3.05, 3.63) is 42.5 Å². The van der Waals surface area contributed by atoms with Crippen LogP contribution in [0.1, 0.15) is 12.5 Å². The number of benzene rings is 1. The summed E-state index contributed by atoms with van der Waals surface area (Å²) in [6.45, 7) is 6.50. The molecule has 0 aliphatic rings. The van der Waals surface area contributed by atoms with Gasteiger partial charge in [-0.1, -0.05) is 18.2 Å². The molecule has 0 aliphatic carbocycles. The van der Waals surface area contributed by atoms with Crippen LogP contribution in [0.25, 0.3) is 0 Å². The van der Waals surface area contributed by atoms with E-state index in [1.165, 1.54) is 11.8 Å². The maximum Gasteiger partial charge on any atom is 0.233 e. The second kappa shape index (κ2) is 7.14. The van der Waals surface area contributed by atoms with Crippen LogP contribution < -0.4 is 11.1 Å². The van der Waals surface area contributed by atoms with Gasteiger partial charge in [0.15, 0.2) is 0 Å². The molecule has 1 atom stereocenters. The van der Waals surface area contributed by atoms with Crippen LogP contribution in [0.5, 0.6) is 0 Å². The highest BCUT2D eigenvalue weighted by Crippen LogP contribution is 2.23. The molecule has 0 fully saturated rings. The Morgan fingerprint density at radius 2 is 2.18 bits per heavy atom. The van der Waals surface area contributed by atoms with Gasteiger partial charge in [-0.25, -0.2) is 0 Å². The van der Waals surface area contributed by atoms with E-state index in [9.17, 15) is 4.79 Å². The van der Waals surface area contributed by atoms with E-state index >= 15 is 0 Å². The van der Waals surface area contributed by atoms with Crippen molar-refractivity contribution in [2.45, 2.75) is 23.6 Å². The van der Waals surface area contributed by atoms with Crippen LogP contribution in [0.3, 0.4) is 0 Å². The van der Waals surface area contributed by atoms with E-state index in [1.807, 2.05) is 31.2 Å². The van der Waals surface area contributed by atoms with Gasteiger partial charge in [-0.15, -0.1) is 18.3 Å². The van der Waals surface area contributed by atoms with Crippen molar-refractivity contribution in [2.75, 3.05) is 6.54 Å². The largest absolute Gasteiger partial charge is 0.352 e. The molecule has 1 unspecified atom stereocenters. The maximum atomic E-state index is 11.6. The van der Waals surface area contributed by atoms with Crippen molar-refractivity contribution in [3.63, 3.8) is 0 Å². The number of hydrogen-bond donors (Lipinski definition) is 2. The van der Waals surface area contributed by atoms with Crippen molar-refractivity contribution in [1.29, 1.82) is 0 Å². The average molecular weight is 250 g/mol. The Morgan fingerprint density at radius 1 is 1.53 bits per heavy atom. The zero-order valence-corrected chi connectivity index (χ0v) is 10.8. The Hall–Kier alpha value is -1.26. The van der Waals surface area contributed by atoms with E-state index in [2.05, 4.69) is 11.9 Å². The topological polar surface area (TPSA) is 55.1 Å². The predicted molar refractivity (Wildman–Crippen MR) is 72.9 cm³/mol. The van der Waals surface area contributed by atoms with Gasteiger partial charge >= 0.3 is 0 Å². The Morgan fingerprint density at radius 3 is 2.71 bits per heavy atom. The van der Waals surface area contributed by atoms with Crippen molar-refractivity contribution in [1.82, 2.24) is 5.32 Å². The van der Waals surface area contributed by atoms with Gasteiger partial charge in [-0.2, -0.15) is 0 Å². The van der Waals surface area contributed by atoms with Crippen molar-refractivity contribution >= 4 is 17.7 Å². The molecular weight excluding hydrogens is 232 g/mol. The lowest BCUT2D eigenvalue weighted by Crippen LogP contribution is -2.30. The van der Waals surface area contributed by atoms with Gasteiger partial charge in [0.2, 0.25) is 5.91 Å². The lowest BCUT2D eigenvalue weighted by molar-refractivity contribution is -0.120. The summed E-state index contributed by atoms with van der Waals surface area (Å²) in [7, 11) is 0. The number of thioether (sulfide) groups is 1. The molecule has 0 bridgehead atoms. The van der Waals surface area contributed by atoms with Crippen LogP contribution in [0, 0.1) is 0 Å². The summed E-state index contributed by atoms with van der Waals surface area (Å²) in [6.07, 6.45) is 1.67. The molecule has 1 amide bonds. The highest BCUT2D eigenvalue weighted by atomic mass is 32.2. The number of nitrogens with one attached hydrogen (secondary N) is 1. The molecule has 0 spiro atoms. The van der Waals surface area contributed by atoms with Crippen molar-refractivity contribution < 1.29 is 4.79 Å². The van der Waals surface area contributed by atoms with Crippen LogP contribution in [0.4, 0.5) is 0 Å². The fourth-order valence-corrected chi connectivity index (χ4v) is 2.17. The SMILES string of the molecule is C=CCNC(=O)C(C)Sc1ccc(CN)cc1. The number of carbonyl (C=O) groups is 1. The minimum Gasteiger partial charge on any atom is -0.352 e. The summed E-state index contributed by atoms with van der Waals surface area (Å²) in [5.41, 5.74) is 6.62. The fraction of sp³-hybridized carbons (Fsp3) is 0.308. The minimum absolute atomic E-state index is 0.0257. The fourth-order valence-electron chi connectivity index (χ4n) is 1.28. The van der Waals surface area contributed by atoms with Crippen molar-refractivity contribution in [3.8, 4) is 0 Å². The molecule has 1 aromatic carbocycles. The van der Waals surface area contributed by atoms with E-state index in [0.29, 0.717) is 13.1 Å². The molecule has 1 rings (SSSR count). The minimum atomic E-state index is -0.112. The smallest absolute Gasteiger partial charge is 0.233 e. The number of amides is 1. The highest BCUT2D eigenvalue weighted by molar-refractivity contribution is 8.00. The number of rotatable bonds is 6. The first-order valence-electron chi connectivity index (χ1n) is 5.51.